The van der Waals surface area contributed by atoms with Crippen molar-refractivity contribution in [2.45, 2.75) is 76.0 Å². The monoisotopic (exact) mass is 483 g/mol. The van der Waals surface area contributed by atoms with Gasteiger partial charge in [-0.2, -0.15) is 10.6 Å². The molecular weight excluding hydrogens is 450 g/mol. The van der Waals surface area contributed by atoms with Crippen molar-refractivity contribution in [1.29, 1.82) is 0 Å². The number of aliphatic imine (C=N–C) groups is 1. The Morgan fingerprint density at radius 2 is 1.85 bits per heavy atom. The first-order valence-corrected chi connectivity index (χ1v) is 10.0. The number of nitrogens with zero attached hydrogens (tertiary/aromatic N) is 1. The summed E-state index contributed by atoms with van der Waals surface area (Å²) in [6.07, 6.45) is -8.96. The van der Waals surface area contributed by atoms with Gasteiger partial charge in [-0.1, -0.05) is 0 Å². The molecule has 1 rings (SSSR count). The first-order valence-electron chi connectivity index (χ1n) is 10.0. The number of hydrogen-bond acceptors (Lipinski definition) is 12. The summed E-state index contributed by atoms with van der Waals surface area (Å²) in [5.41, 5.74) is 6.37. The van der Waals surface area contributed by atoms with Crippen LogP contribution in [-0.4, -0.2) is 99.2 Å². The predicted molar refractivity (Wildman–Crippen MR) is 108 cm³/mol. The van der Waals surface area contributed by atoms with Crippen molar-refractivity contribution in [2.24, 2.45) is 10.7 Å². The number of carbonyl (C=O) groups is 2. The molecule has 1 amide bonds. The third-order valence-corrected chi connectivity index (χ3v) is 4.22. The number of nitrogens with two attached hydrogens (primary N) is 1. The van der Waals surface area contributed by atoms with E-state index in [4.69, 9.17) is 25.2 Å². The minimum atomic E-state index is -1.80. The number of aliphatic hydroxyl groups is 4. The van der Waals surface area contributed by atoms with E-state index in [-0.39, 0.29) is 25.3 Å². The van der Waals surface area contributed by atoms with E-state index in [0.717, 1.165) is 0 Å². The predicted octanol–water partition coefficient (Wildman–Crippen LogP) is -4.41. The Bertz CT molecular complexity index is 672. The Balaban J connectivity index is 2.72. The Labute approximate surface area is 189 Å². The second-order valence-corrected chi connectivity index (χ2v) is 8.21. The van der Waals surface area contributed by atoms with E-state index >= 15 is 0 Å². The smallest absolute Gasteiger partial charge is 0.408 e. The summed E-state index contributed by atoms with van der Waals surface area (Å²) in [4.78, 5) is 28.4. The van der Waals surface area contributed by atoms with Crippen LogP contribution in [0, 0.1) is 5.21 Å². The van der Waals surface area contributed by atoms with Gasteiger partial charge in [0.25, 0.3) is 0 Å². The van der Waals surface area contributed by atoms with Gasteiger partial charge in [-0.15, -0.1) is 5.34 Å². The largest absolute Gasteiger partial charge is 0.574 e. The number of quaternary nitrogens is 1. The van der Waals surface area contributed by atoms with E-state index in [1.807, 2.05) is 5.43 Å². The first-order chi connectivity index (χ1) is 15.2. The second-order valence-electron chi connectivity index (χ2n) is 8.21. The van der Waals surface area contributed by atoms with Crippen LogP contribution in [0.5, 0.6) is 0 Å². The van der Waals surface area contributed by atoms with Gasteiger partial charge in [0, 0.05) is 6.54 Å². The number of esters is 1. The third kappa shape index (κ3) is 10.4. The highest BCUT2D eigenvalue weighted by atomic mass is 16.8. The molecule has 0 aromatic rings. The van der Waals surface area contributed by atoms with Crippen LogP contribution in [0.15, 0.2) is 4.99 Å². The van der Waals surface area contributed by atoms with Crippen LogP contribution in [0.3, 0.4) is 0 Å². The van der Waals surface area contributed by atoms with Crippen LogP contribution in [0.25, 0.3) is 0 Å². The standard InChI is InChI=1S/C17H33N5O11/c1-17(2,3)33-16(28)20-8(5-4-6-19-15(18)21-22(29)30)13(26)31-7-9-10(23)11(24)12(25)14(27)32-9/h8-12,14,22-25,27,29H,4-7H2,1-3H3,(H,20,28)(H3,18,19,21)/t8-,9?,10+,11?,12?,14+/m1/s1. The van der Waals surface area contributed by atoms with Crippen molar-refractivity contribution < 1.29 is 54.8 Å². The summed E-state index contributed by atoms with van der Waals surface area (Å²) in [7, 11) is 0. The van der Waals surface area contributed by atoms with E-state index in [1.54, 1.807) is 20.8 Å². The maximum atomic E-state index is 12.5. The van der Waals surface area contributed by atoms with Crippen LogP contribution in [0.1, 0.15) is 33.6 Å². The van der Waals surface area contributed by atoms with E-state index in [9.17, 15) is 35.2 Å². The number of amides is 1. The zero-order valence-corrected chi connectivity index (χ0v) is 18.5. The molecule has 1 aliphatic heterocycles. The maximum Gasteiger partial charge on any atom is 0.408 e. The van der Waals surface area contributed by atoms with Crippen LogP contribution < -0.4 is 21.8 Å². The summed E-state index contributed by atoms with van der Waals surface area (Å²) in [5.74, 6) is -1.28. The van der Waals surface area contributed by atoms with Gasteiger partial charge in [0.1, 0.15) is 42.7 Å². The lowest BCUT2D eigenvalue weighted by Gasteiger charge is -2.38. The van der Waals surface area contributed by atoms with Crippen LogP contribution in [-0.2, 0) is 19.0 Å². The topological polar surface area (TPSA) is 253 Å². The fraction of sp³-hybridized carbons (Fsp3) is 0.824. The molecule has 7 atom stereocenters. The van der Waals surface area contributed by atoms with Crippen LogP contribution in [0.2, 0.25) is 0 Å². The summed E-state index contributed by atoms with van der Waals surface area (Å²) < 4.78 is 15.1. The van der Waals surface area contributed by atoms with E-state index in [2.05, 4.69) is 10.3 Å². The van der Waals surface area contributed by atoms with Crippen LogP contribution >= 0.6 is 0 Å². The Morgan fingerprint density at radius 3 is 2.42 bits per heavy atom. The molecule has 1 aliphatic rings. The van der Waals surface area contributed by atoms with Crippen molar-refractivity contribution in [2.75, 3.05) is 13.2 Å². The molecule has 4 unspecified atom stereocenters. The zero-order chi connectivity index (χ0) is 25.3. The number of carbonyl (C=O) groups excluding carboxylic acids is 2. The Hall–Kier alpha value is -2.31. The first kappa shape index (κ1) is 28.7. The lowest BCUT2D eigenvalue weighted by atomic mass is 9.99. The highest BCUT2D eigenvalue weighted by Gasteiger charge is 2.43. The number of alkyl carbamates (subject to hydrolysis) is 1. The normalized spacial score (nSPS) is 27.9. The van der Waals surface area contributed by atoms with Crippen molar-refractivity contribution in [3.05, 3.63) is 5.21 Å². The van der Waals surface area contributed by atoms with Gasteiger partial charge in [0.15, 0.2) is 6.29 Å². The number of nitrogens with one attached hydrogen (secondary N) is 3. The van der Waals surface area contributed by atoms with Crippen LogP contribution in [0.4, 0.5) is 4.79 Å². The molecule has 0 saturated carbocycles. The fourth-order valence-electron chi connectivity index (χ4n) is 2.68. The van der Waals surface area contributed by atoms with Gasteiger partial charge in [0.2, 0.25) is 5.96 Å². The molecule has 0 spiro atoms. The SMILES string of the molecule is CC(C)(C)OC(=O)N[C@H](CCCN=C(N)N[NH+]([O-])O)C(=O)OCC1O[C@H](O)C(O)C(O)[C@H]1O. The summed E-state index contributed by atoms with van der Waals surface area (Å²) in [6.45, 7) is 4.30. The molecule has 33 heavy (non-hydrogen) atoms. The lowest BCUT2D eigenvalue weighted by molar-refractivity contribution is -1.08. The molecule has 0 bridgehead atoms. The molecule has 0 aromatic carbocycles. The summed E-state index contributed by atoms with van der Waals surface area (Å²) in [5, 5.41) is 58.7. The lowest BCUT2D eigenvalue weighted by Crippen LogP contribution is -3.13. The quantitative estimate of drug-likeness (QED) is 0.0494. The average Bonchev–Trinajstić information content (AvgIpc) is 2.68. The third-order valence-electron chi connectivity index (χ3n) is 4.22. The van der Waals surface area contributed by atoms with Gasteiger partial charge in [-0.05, 0) is 33.6 Å². The number of ether oxygens (including phenoxy) is 3. The fourth-order valence-corrected chi connectivity index (χ4v) is 2.68. The summed E-state index contributed by atoms with van der Waals surface area (Å²) in [6, 6.07) is -1.22. The molecule has 1 saturated heterocycles. The van der Waals surface area contributed by atoms with Crippen molar-refractivity contribution >= 4 is 18.0 Å². The molecule has 192 valence electrons. The Morgan fingerprint density at radius 1 is 1.21 bits per heavy atom. The van der Waals surface area contributed by atoms with Gasteiger partial charge >= 0.3 is 12.1 Å². The molecule has 0 aliphatic carbocycles. The highest BCUT2D eigenvalue weighted by Crippen LogP contribution is 2.20. The number of aliphatic hydroxyl groups excluding tert-OH is 4. The molecule has 10 N–H and O–H groups in total. The molecular formula is C17H33N5O11. The molecule has 16 heteroatoms. The molecule has 0 aromatic heterocycles. The Kier molecular flexibility index (Phi) is 11.1. The number of rotatable bonds is 9. The van der Waals surface area contributed by atoms with Crippen molar-refractivity contribution in [3.63, 3.8) is 0 Å². The molecule has 16 nitrogen and oxygen atoms in total. The minimum Gasteiger partial charge on any atom is -0.574 e. The van der Waals surface area contributed by atoms with Gasteiger partial charge in [-0.25, -0.2) is 14.6 Å². The average molecular weight is 483 g/mol. The maximum absolute atomic E-state index is 12.5. The highest BCUT2D eigenvalue weighted by molar-refractivity contribution is 5.81. The second kappa shape index (κ2) is 12.8. The minimum absolute atomic E-state index is 0.0000307. The molecule has 0 radical (unpaired) electrons. The summed E-state index contributed by atoms with van der Waals surface area (Å²) >= 11 is 0. The van der Waals surface area contributed by atoms with Crippen molar-refractivity contribution in [1.82, 2.24) is 10.7 Å². The van der Waals surface area contributed by atoms with E-state index < -0.39 is 66.4 Å². The molecule has 1 heterocycles. The van der Waals surface area contributed by atoms with Gasteiger partial charge in [-0.3, -0.25) is 0 Å². The van der Waals surface area contributed by atoms with Gasteiger partial charge in [0.05, 0.1) is 0 Å². The number of guanidine groups is 1. The van der Waals surface area contributed by atoms with Gasteiger partial charge < -0.3 is 50.9 Å². The van der Waals surface area contributed by atoms with E-state index in [1.165, 1.54) is 0 Å². The van der Waals surface area contributed by atoms with E-state index in [0.29, 0.717) is 0 Å². The van der Waals surface area contributed by atoms with Crippen molar-refractivity contribution in [3.8, 4) is 0 Å². The number of hydrogen-bond donors (Lipinski definition) is 9. The zero-order valence-electron chi connectivity index (χ0n) is 18.5. The molecule has 1 fully saturated rings.